The van der Waals surface area contributed by atoms with Gasteiger partial charge in [-0.25, -0.2) is 14.6 Å². The third-order valence-electron chi connectivity index (χ3n) is 3.91. The third kappa shape index (κ3) is 3.37. The molecule has 0 atom stereocenters. The number of nitrogens with two attached hydrogens (primary N) is 1. The van der Waals surface area contributed by atoms with Gasteiger partial charge >= 0.3 is 0 Å². The smallest absolute Gasteiger partial charge is 0.115 e. The van der Waals surface area contributed by atoms with Crippen molar-refractivity contribution in [3.8, 4) is 22.4 Å². The molecule has 0 aliphatic rings. The zero-order chi connectivity index (χ0) is 17.1. The predicted molar refractivity (Wildman–Crippen MR) is 96.4 cm³/mol. The number of benzene rings is 2. The Balaban J connectivity index is 1.51. The van der Waals surface area contributed by atoms with Crippen molar-refractivity contribution < 1.29 is 0 Å². The van der Waals surface area contributed by atoms with Crippen molar-refractivity contribution in [1.29, 1.82) is 0 Å². The van der Waals surface area contributed by atoms with Crippen LogP contribution in [0, 0.1) is 0 Å². The second kappa shape index (κ2) is 6.52. The Bertz CT molecular complexity index is 976. The molecule has 0 bridgehead atoms. The topological polar surface area (TPSA) is 82.5 Å². The Kier molecular flexibility index (Phi) is 3.92. The zero-order valence-electron chi connectivity index (χ0n) is 13.4. The first-order chi connectivity index (χ1) is 12.3. The predicted octanol–water partition coefficient (Wildman–Crippen LogP) is 3.03. The van der Waals surface area contributed by atoms with Gasteiger partial charge in [0, 0.05) is 29.2 Å². The Morgan fingerprint density at radius 3 is 2.44 bits per heavy atom. The Labute approximate surface area is 145 Å². The lowest BCUT2D eigenvalue weighted by Gasteiger charge is -2.04. The minimum absolute atomic E-state index is 0.654. The molecular weight excluding hydrogens is 312 g/mol. The third-order valence-corrected chi connectivity index (χ3v) is 3.91. The maximum Gasteiger partial charge on any atom is 0.115 e. The minimum Gasteiger partial charge on any atom is -0.399 e. The van der Waals surface area contributed by atoms with E-state index in [1.54, 1.807) is 12.4 Å². The average Bonchev–Trinajstić information content (AvgIpc) is 3.12. The molecule has 122 valence electrons. The van der Waals surface area contributed by atoms with Crippen LogP contribution in [0.3, 0.4) is 0 Å². The van der Waals surface area contributed by atoms with Gasteiger partial charge in [0.15, 0.2) is 0 Å². The van der Waals surface area contributed by atoms with Gasteiger partial charge in [-0.3, -0.25) is 0 Å². The van der Waals surface area contributed by atoms with E-state index in [0.29, 0.717) is 12.2 Å². The highest BCUT2D eigenvalue weighted by Gasteiger charge is 2.05. The number of anilines is 1. The molecule has 2 aromatic heterocycles. The van der Waals surface area contributed by atoms with Gasteiger partial charge in [-0.2, -0.15) is 0 Å². The summed E-state index contributed by atoms with van der Waals surface area (Å²) in [7, 11) is 0. The summed E-state index contributed by atoms with van der Waals surface area (Å²) in [5.41, 5.74) is 11.5. The quantitative estimate of drug-likeness (QED) is 0.582. The molecule has 25 heavy (non-hydrogen) atoms. The van der Waals surface area contributed by atoms with Crippen molar-refractivity contribution in [3.05, 3.63) is 79.0 Å². The maximum absolute atomic E-state index is 5.82. The molecule has 0 saturated carbocycles. The lowest BCUT2D eigenvalue weighted by Crippen LogP contribution is -2.00. The second-order valence-electron chi connectivity index (χ2n) is 5.75. The zero-order valence-corrected chi connectivity index (χ0v) is 13.4. The summed E-state index contributed by atoms with van der Waals surface area (Å²) < 4.78 is 1.82. The lowest BCUT2D eigenvalue weighted by atomic mass is 10.1. The van der Waals surface area contributed by atoms with Gasteiger partial charge in [0.2, 0.25) is 0 Å². The van der Waals surface area contributed by atoms with Gasteiger partial charge in [-0.05, 0) is 23.3 Å². The number of hydrogen-bond acceptors (Lipinski definition) is 5. The molecule has 0 aliphatic heterocycles. The van der Waals surface area contributed by atoms with E-state index in [-0.39, 0.29) is 0 Å². The highest BCUT2D eigenvalue weighted by Crippen LogP contribution is 2.20. The molecular formula is C19H16N6. The van der Waals surface area contributed by atoms with Crippen molar-refractivity contribution in [2.75, 3.05) is 5.73 Å². The highest BCUT2D eigenvalue weighted by molar-refractivity contribution is 5.63. The van der Waals surface area contributed by atoms with E-state index < -0.39 is 0 Å². The first kappa shape index (κ1) is 15.0. The molecule has 4 rings (SSSR count). The molecule has 0 amide bonds. The summed E-state index contributed by atoms with van der Waals surface area (Å²) in [5.74, 6) is 0. The van der Waals surface area contributed by atoms with Crippen molar-refractivity contribution in [3.63, 3.8) is 0 Å². The molecule has 0 unspecified atom stereocenters. The Hall–Kier alpha value is -3.54. The highest BCUT2D eigenvalue weighted by atomic mass is 15.4. The van der Waals surface area contributed by atoms with Crippen LogP contribution in [-0.4, -0.2) is 25.0 Å². The first-order valence-electron chi connectivity index (χ1n) is 7.88. The molecule has 0 fully saturated rings. The summed E-state index contributed by atoms with van der Waals surface area (Å²) in [4.78, 5) is 8.09. The number of hydrogen-bond donors (Lipinski definition) is 1. The molecule has 0 radical (unpaired) electrons. The largest absolute Gasteiger partial charge is 0.399 e. The molecule has 0 saturated heterocycles. The minimum atomic E-state index is 0.654. The monoisotopic (exact) mass is 328 g/mol. The number of aromatic nitrogens is 5. The van der Waals surface area contributed by atoms with Gasteiger partial charge < -0.3 is 5.73 Å². The van der Waals surface area contributed by atoms with Crippen LogP contribution in [-0.2, 0) is 6.54 Å². The van der Waals surface area contributed by atoms with E-state index in [2.05, 4.69) is 44.5 Å². The Morgan fingerprint density at radius 1 is 0.880 bits per heavy atom. The van der Waals surface area contributed by atoms with E-state index in [1.807, 2.05) is 35.1 Å². The van der Waals surface area contributed by atoms with Gasteiger partial charge in [0.1, 0.15) is 12.0 Å². The van der Waals surface area contributed by atoms with Crippen molar-refractivity contribution in [2.24, 2.45) is 0 Å². The van der Waals surface area contributed by atoms with Gasteiger partial charge in [0.25, 0.3) is 0 Å². The fourth-order valence-electron chi connectivity index (χ4n) is 2.64. The van der Waals surface area contributed by atoms with Gasteiger partial charge in [0.05, 0.1) is 12.7 Å². The molecule has 6 heteroatoms. The van der Waals surface area contributed by atoms with Crippen LogP contribution in [0.4, 0.5) is 5.69 Å². The molecule has 2 N–H and O–H groups in total. The normalized spacial score (nSPS) is 10.7. The van der Waals surface area contributed by atoms with E-state index >= 15 is 0 Å². The second-order valence-corrected chi connectivity index (χ2v) is 5.75. The summed E-state index contributed by atoms with van der Waals surface area (Å²) in [6, 6.07) is 15.9. The van der Waals surface area contributed by atoms with E-state index in [4.69, 9.17) is 5.73 Å². The van der Waals surface area contributed by atoms with Gasteiger partial charge in [-0.1, -0.05) is 41.6 Å². The number of nitrogen functional groups attached to an aromatic ring is 1. The number of nitrogens with zero attached hydrogens (tertiary/aromatic N) is 5. The summed E-state index contributed by atoms with van der Waals surface area (Å²) in [5, 5.41) is 8.43. The fourth-order valence-corrected chi connectivity index (χ4v) is 2.64. The molecule has 4 aromatic rings. The van der Waals surface area contributed by atoms with Crippen LogP contribution in [0.25, 0.3) is 22.4 Å². The molecule has 6 nitrogen and oxygen atoms in total. The van der Waals surface area contributed by atoms with Crippen LogP contribution >= 0.6 is 0 Å². The summed E-state index contributed by atoms with van der Waals surface area (Å²) in [6.45, 7) is 0.654. The summed E-state index contributed by atoms with van der Waals surface area (Å²) in [6.07, 6.45) is 7.06. The first-order valence-corrected chi connectivity index (χ1v) is 7.88. The van der Waals surface area contributed by atoms with E-state index in [9.17, 15) is 0 Å². The van der Waals surface area contributed by atoms with E-state index in [0.717, 1.165) is 27.9 Å². The van der Waals surface area contributed by atoms with Gasteiger partial charge in [-0.15, -0.1) is 5.10 Å². The summed E-state index contributed by atoms with van der Waals surface area (Å²) >= 11 is 0. The van der Waals surface area contributed by atoms with Crippen LogP contribution in [0.1, 0.15) is 5.56 Å². The maximum atomic E-state index is 5.82. The van der Waals surface area contributed by atoms with Crippen LogP contribution in [0.2, 0.25) is 0 Å². The SMILES string of the molecule is Nc1cccc(-c2cn(Cc3ccc(-c4cncnc4)cc3)nn2)c1. The average molecular weight is 328 g/mol. The van der Waals surface area contributed by atoms with Crippen molar-refractivity contribution >= 4 is 5.69 Å². The molecule has 2 aromatic carbocycles. The standard InChI is InChI=1S/C19H16N6/c20-18-3-1-2-16(8-18)19-12-25(24-23-19)11-14-4-6-15(7-5-14)17-9-21-13-22-10-17/h1-10,12-13H,11,20H2. The molecule has 0 spiro atoms. The van der Waals surface area contributed by atoms with E-state index in [1.165, 1.54) is 6.33 Å². The Morgan fingerprint density at radius 2 is 1.68 bits per heavy atom. The van der Waals surface area contributed by atoms with Crippen LogP contribution in [0.15, 0.2) is 73.4 Å². The van der Waals surface area contributed by atoms with Crippen LogP contribution in [0.5, 0.6) is 0 Å². The molecule has 0 aliphatic carbocycles. The number of rotatable bonds is 4. The van der Waals surface area contributed by atoms with Crippen molar-refractivity contribution in [1.82, 2.24) is 25.0 Å². The van der Waals surface area contributed by atoms with Crippen molar-refractivity contribution in [2.45, 2.75) is 6.54 Å². The van der Waals surface area contributed by atoms with Crippen LogP contribution < -0.4 is 5.73 Å². The molecule has 2 heterocycles. The lowest BCUT2D eigenvalue weighted by molar-refractivity contribution is 0.650. The fraction of sp³-hybridized carbons (Fsp3) is 0.0526.